The third-order valence-electron chi connectivity index (χ3n) is 5.17. The fraction of sp³-hybridized carbons (Fsp3) is 0.348. The molecule has 2 N–H and O–H groups in total. The number of aromatic nitrogens is 1. The number of aromatic amines is 1. The Labute approximate surface area is 192 Å². The molecule has 31 heavy (non-hydrogen) atoms. The van der Waals surface area contributed by atoms with Crippen molar-refractivity contribution in [1.82, 2.24) is 9.29 Å². The Morgan fingerprint density at radius 1 is 1.23 bits per heavy atom. The summed E-state index contributed by atoms with van der Waals surface area (Å²) >= 11 is 8.04. The van der Waals surface area contributed by atoms with Gasteiger partial charge in [0, 0.05) is 34.8 Å². The van der Waals surface area contributed by atoms with Crippen LogP contribution in [0.15, 0.2) is 41.3 Å². The van der Waals surface area contributed by atoms with Crippen LogP contribution >= 0.6 is 23.5 Å². The summed E-state index contributed by atoms with van der Waals surface area (Å²) in [6, 6.07) is 12.1. The third-order valence-corrected chi connectivity index (χ3v) is 6.44. The molecule has 0 aliphatic carbocycles. The fourth-order valence-electron chi connectivity index (χ4n) is 3.81. The highest BCUT2D eigenvalue weighted by atomic mass is 35.5. The van der Waals surface area contributed by atoms with Crippen molar-refractivity contribution in [2.45, 2.75) is 18.7 Å². The van der Waals surface area contributed by atoms with Crippen LogP contribution in [0.1, 0.15) is 11.3 Å². The lowest BCUT2D eigenvalue weighted by molar-refractivity contribution is -0.116. The average Bonchev–Trinajstić information content (AvgIpc) is 3.08. The topological polar surface area (TPSA) is 60.6 Å². The van der Waals surface area contributed by atoms with Crippen LogP contribution in [0.25, 0.3) is 10.9 Å². The van der Waals surface area contributed by atoms with E-state index in [2.05, 4.69) is 47.2 Å². The van der Waals surface area contributed by atoms with Gasteiger partial charge in [-0.05, 0) is 74.8 Å². The molecule has 0 unspecified atom stereocenters. The van der Waals surface area contributed by atoms with Gasteiger partial charge < -0.3 is 19.9 Å². The molecule has 1 saturated heterocycles. The molecular weight excluding hydrogens is 432 g/mol. The van der Waals surface area contributed by atoms with Gasteiger partial charge in [-0.25, -0.2) is 4.31 Å². The minimum atomic E-state index is -0.0863. The first-order valence-corrected chi connectivity index (χ1v) is 11.5. The quantitative estimate of drug-likeness (QED) is 0.517. The van der Waals surface area contributed by atoms with E-state index in [0.29, 0.717) is 23.9 Å². The molecular formula is C23H27ClN4O2S. The number of hydrogen-bond acceptors (Lipinski definition) is 5. The van der Waals surface area contributed by atoms with E-state index < -0.39 is 0 Å². The normalized spacial score (nSPS) is 14.4. The van der Waals surface area contributed by atoms with Crippen molar-refractivity contribution < 1.29 is 9.53 Å². The van der Waals surface area contributed by atoms with Crippen molar-refractivity contribution in [3.8, 4) is 0 Å². The van der Waals surface area contributed by atoms with Crippen molar-refractivity contribution in [1.29, 1.82) is 0 Å². The number of benzene rings is 2. The Kier molecular flexibility index (Phi) is 6.77. The van der Waals surface area contributed by atoms with Crippen LogP contribution in [-0.4, -0.2) is 55.1 Å². The summed E-state index contributed by atoms with van der Waals surface area (Å²) in [6.07, 6.45) is 0. The Balaban J connectivity index is 1.38. The molecule has 0 saturated carbocycles. The van der Waals surface area contributed by atoms with E-state index in [1.165, 1.54) is 10.9 Å². The van der Waals surface area contributed by atoms with Crippen molar-refractivity contribution >= 4 is 51.7 Å². The van der Waals surface area contributed by atoms with Crippen molar-refractivity contribution in [3.05, 3.63) is 52.7 Å². The monoisotopic (exact) mass is 458 g/mol. The second kappa shape index (κ2) is 9.53. The number of likely N-dealkylation sites (N-methyl/N-ethyl adjacent to an activating group) is 1. The van der Waals surface area contributed by atoms with Gasteiger partial charge in [0.2, 0.25) is 5.91 Å². The minimum Gasteiger partial charge on any atom is -0.378 e. The summed E-state index contributed by atoms with van der Waals surface area (Å²) in [5.74, 6) is -0.0863. The van der Waals surface area contributed by atoms with E-state index in [-0.39, 0.29) is 12.5 Å². The number of nitrogens with zero attached hydrogens (tertiary/aromatic N) is 2. The summed E-state index contributed by atoms with van der Waals surface area (Å²) in [4.78, 5) is 19.3. The number of carbonyl (C=O) groups excluding carboxylic acids is 1. The number of H-pyrrole nitrogens is 1. The molecule has 2 heterocycles. The highest BCUT2D eigenvalue weighted by Crippen LogP contribution is 2.32. The highest BCUT2D eigenvalue weighted by Gasteiger charge is 2.16. The molecule has 1 aliphatic heterocycles. The zero-order chi connectivity index (χ0) is 22.0. The molecule has 0 spiro atoms. The molecule has 4 rings (SSSR count). The lowest BCUT2D eigenvalue weighted by Crippen LogP contribution is -2.36. The molecule has 0 radical (unpaired) electrons. The molecule has 2 aromatic carbocycles. The highest BCUT2D eigenvalue weighted by molar-refractivity contribution is 7.97. The lowest BCUT2D eigenvalue weighted by Gasteiger charge is -2.29. The van der Waals surface area contributed by atoms with E-state index >= 15 is 0 Å². The SMILES string of the molecule is Cc1cc(SN(C)CC(=O)Nc2ccc(N3CCOCC3)c(Cl)c2)c2[nH]c(C)cc2c1. The summed E-state index contributed by atoms with van der Waals surface area (Å²) in [6.45, 7) is 7.43. The number of anilines is 2. The molecule has 1 fully saturated rings. The van der Waals surface area contributed by atoms with Gasteiger partial charge in [0.25, 0.3) is 0 Å². The molecule has 0 atom stereocenters. The van der Waals surface area contributed by atoms with Gasteiger partial charge in [-0.15, -0.1) is 0 Å². The standard InChI is InChI=1S/C23H27ClN4O2S/c1-15-10-17-12-16(2)25-23(17)21(11-15)31-27(3)14-22(29)26-18-4-5-20(19(24)13-18)28-6-8-30-9-7-28/h4-5,10-13,25H,6-9,14H2,1-3H3,(H,26,29). The maximum atomic E-state index is 12.6. The smallest absolute Gasteiger partial charge is 0.239 e. The van der Waals surface area contributed by atoms with Gasteiger partial charge in [-0.2, -0.15) is 0 Å². The number of ether oxygens (including phenoxy) is 1. The first-order valence-electron chi connectivity index (χ1n) is 10.3. The van der Waals surface area contributed by atoms with Crippen LogP contribution < -0.4 is 10.2 Å². The van der Waals surface area contributed by atoms with Gasteiger partial charge in [0.05, 0.1) is 36.0 Å². The Hall–Kier alpha value is -2.19. The second-order valence-electron chi connectivity index (χ2n) is 7.87. The van der Waals surface area contributed by atoms with Crippen LogP contribution in [-0.2, 0) is 9.53 Å². The van der Waals surface area contributed by atoms with E-state index in [0.717, 1.165) is 34.9 Å². The van der Waals surface area contributed by atoms with Crippen molar-refractivity contribution in [2.24, 2.45) is 0 Å². The number of rotatable bonds is 6. The van der Waals surface area contributed by atoms with Gasteiger partial charge >= 0.3 is 0 Å². The average molecular weight is 459 g/mol. The molecule has 0 bridgehead atoms. The number of hydrogen-bond donors (Lipinski definition) is 2. The van der Waals surface area contributed by atoms with Crippen LogP contribution in [0.5, 0.6) is 0 Å². The number of carbonyl (C=O) groups is 1. The number of nitrogens with one attached hydrogen (secondary N) is 2. The largest absolute Gasteiger partial charge is 0.378 e. The predicted molar refractivity (Wildman–Crippen MR) is 129 cm³/mol. The zero-order valence-corrected chi connectivity index (χ0v) is 19.6. The fourth-order valence-corrected chi connectivity index (χ4v) is 5.13. The number of amides is 1. The number of morpholine rings is 1. The van der Waals surface area contributed by atoms with Gasteiger partial charge in [0.15, 0.2) is 0 Å². The lowest BCUT2D eigenvalue weighted by atomic mass is 10.2. The first-order chi connectivity index (χ1) is 14.9. The van der Waals surface area contributed by atoms with Crippen molar-refractivity contribution in [2.75, 3.05) is 50.1 Å². The maximum Gasteiger partial charge on any atom is 0.239 e. The summed E-state index contributed by atoms with van der Waals surface area (Å²) in [5, 5.41) is 4.77. The third kappa shape index (κ3) is 5.36. The van der Waals surface area contributed by atoms with E-state index in [4.69, 9.17) is 16.3 Å². The molecule has 3 aromatic rings. The predicted octanol–water partition coefficient (Wildman–Crippen LogP) is 4.85. The molecule has 1 amide bonds. The summed E-state index contributed by atoms with van der Waals surface area (Å²) in [5.41, 5.74) is 5.09. The van der Waals surface area contributed by atoms with Gasteiger partial charge in [0.1, 0.15) is 0 Å². The van der Waals surface area contributed by atoms with Crippen LogP contribution in [0.3, 0.4) is 0 Å². The molecule has 164 valence electrons. The summed E-state index contributed by atoms with van der Waals surface area (Å²) in [7, 11) is 1.92. The minimum absolute atomic E-state index is 0.0863. The Bertz CT molecular complexity index is 1090. The number of halogens is 1. The Morgan fingerprint density at radius 2 is 2.00 bits per heavy atom. The number of aryl methyl sites for hydroxylation is 2. The summed E-state index contributed by atoms with van der Waals surface area (Å²) < 4.78 is 7.33. The van der Waals surface area contributed by atoms with E-state index in [1.54, 1.807) is 11.9 Å². The van der Waals surface area contributed by atoms with Crippen LogP contribution in [0.4, 0.5) is 11.4 Å². The van der Waals surface area contributed by atoms with E-state index in [1.807, 2.05) is 29.6 Å². The maximum absolute atomic E-state index is 12.6. The molecule has 1 aromatic heterocycles. The van der Waals surface area contributed by atoms with Crippen molar-refractivity contribution in [3.63, 3.8) is 0 Å². The first kappa shape index (κ1) is 22.0. The van der Waals surface area contributed by atoms with Crippen LogP contribution in [0.2, 0.25) is 5.02 Å². The molecule has 1 aliphatic rings. The second-order valence-corrected chi connectivity index (χ2v) is 9.52. The Morgan fingerprint density at radius 3 is 2.74 bits per heavy atom. The van der Waals surface area contributed by atoms with Gasteiger partial charge in [-0.1, -0.05) is 11.6 Å². The van der Waals surface area contributed by atoms with Gasteiger partial charge in [-0.3, -0.25) is 4.79 Å². The molecule has 8 heteroatoms. The number of fused-ring (bicyclic) bond motifs is 1. The zero-order valence-electron chi connectivity index (χ0n) is 18.0. The van der Waals surface area contributed by atoms with E-state index in [9.17, 15) is 4.79 Å². The molecule has 6 nitrogen and oxygen atoms in total. The van der Waals surface area contributed by atoms with Crippen LogP contribution in [0, 0.1) is 13.8 Å².